The number of halogens is 1. The summed E-state index contributed by atoms with van der Waals surface area (Å²) in [7, 11) is 0. The topological polar surface area (TPSA) is 116 Å². The van der Waals surface area contributed by atoms with Crippen LogP contribution in [-0.2, 0) is 19.6 Å². The van der Waals surface area contributed by atoms with Gasteiger partial charge in [-0.2, -0.15) is 0 Å². The summed E-state index contributed by atoms with van der Waals surface area (Å²) in [4.78, 5) is 27.2. The molecular weight excluding hydrogens is 503 g/mol. The SMILES string of the molecule is NCc1cccc(CNC(=O)c2ccc(Sc3ccc(O)cc3)c(NC(=O)NCc3ccc(F)cc3)c2)c1. The molecule has 194 valence electrons. The molecule has 0 radical (unpaired) electrons. The van der Waals surface area contributed by atoms with Crippen LogP contribution in [0.15, 0.2) is 101 Å². The third-order valence-electron chi connectivity index (χ3n) is 5.60. The van der Waals surface area contributed by atoms with Gasteiger partial charge >= 0.3 is 6.03 Å². The van der Waals surface area contributed by atoms with Crippen LogP contribution in [-0.4, -0.2) is 17.0 Å². The van der Waals surface area contributed by atoms with Gasteiger partial charge in [-0.3, -0.25) is 4.79 Å². The summed E-state index contributed by atoms with van der Waals surface area (Å²) >= 11 is 1.38. The Balaban J connectivity index is 1.49. The lowest BCUT2D eigenvalue weighted by atomic mass is 10.1. The Hall–Kier alpha value is -4.34. The first-order valence-electron chi connectivity index (χ1n) is 11.9. The molecule has 0 fully saturated rings. The molecule has 3 amide bonds. The van der Waals surface area contributed by atoms with Gasteiger partial charge in [-0.25, -0.2) is 9.18 Å². The minimum absolute atomic E-state index is 0.150. The van der Waals surface area contributed by atoms with Gasteiger partial charge in [0, 0.05) is 35.0 Å². The third-order valence-corrected chi connectivity index (χ3v) is 6.68. The molecule has 4 aromatic carbocycles. The Morgan fingerprint density at radius 3 is 2.26 bits per heavy atom. The lowest BCUT2D eigenvalue weighted by molar-refractivity contribution is 0.0951. The second-order valence-electron chi connectivity index (χ2n) is 8.45. The number of nitrogens with one attached hydrogen (secondary N) is 3. The second-order valence-corrected chi connectivity index (χ2v) is 9.56. The lowest BCUT2D eigenvalue weighted by Gasteiger charge is -2.14. The minimum Gasteiger partial charge on any atom is -0.508 e. The zero-order valence-electron chi connectivity index (χ0n) is 20.4. The van der Waals surface area contributed by atoms with Crippen molar-refractivity contribution in [1.82, 2.24) is 10.6 Å². The van der Waals surface area contributed by atoms with E-state index in [1.807, 2.05) is 24.3 Å². The Labute approximate surface area is 224 Å². The number of nitrogens with two attached hydrogens (primary N) is 1. The summed E-state index contributed by atoms with van der Waals surface area (Å²) < 4.78 is 13.2. The fourth-order valence-corrected chi connectivity index (χ4v) is 4.48. The number of urea groups is 1. The van der Waals surface area contributed by atoms with Crippen LogP contribution >= 0.6 is 11.8 Å². The van der Waals surface area contributed by atoms with Crippen molar-refractivity contribution in [2.24, 2.45) is 5.73 Å². The van der Waals surface area contributed by atoms with Crippen LogP contribution in [0.5, 0.6) is 5.75 Å². The Kier molecular flexibility index (Phi) is 8.97. The number of carbonyl (C=O) groups is 2. The molecule has 0 heterocycles. The summed E-state index contributed by atoms with van der Waals surface area (Å²) in [6, 6.07) is 24.8. The van der Waals surface area contributed by atoms with Crippen LogP contribution in [0, 0.1) is 5.82 Å². The second kappa shape index (κ2) is 12.8. The minimum atomic E-state index is -0.474. The molecule has 7 nitrogen and oxygen atoms in total. The molecule has 0 unspecified atom stereocenters. The molecule has 0 saturated heterocycles. The van der Waals surface area contributed by atoms with Crippen molar-refractivity contribution >= 4 is 29.4 Å². The van der Waals surface area contributed by atoms with E-state index in [0.717, 1.165) is 21.6 Å². The van der Waals surface area contributed by atoms with E-state index in [4.69, 9.17) is 5.73 Å². The van der Waals surface area contributed by atoms with Crippen molar-refractivity contribution < 1.29 is 19.1 Å². The van der Waals surface area contributed by atoms with Gasteiger partial charge in [-0.05, 0) is 71.3 Å². The Morgan fingerprint density at radius 1 is 0.816 bits per heavy atom. The fourth-order valence-electron chi connectivity index (χ4n) is 3.60. The molecule has 6 N–H and O–H groups in total. The summed E-state index contributed by atoms with van der Waals surface area (Å²) in [5, 5.41) is 18.0. The van der Waals surface area contributed by atoms with E-state index >= 15 is 0 Å². The number of phenolic OH excluding ortho intramolecular Hbond substituents is 1. The van der Waals surface area contributed by atoms with Gasteiger partial charge in [0.15, 0.2) is 0 Å². The van der Waals surface area contributed by atoms with E-state index in [-0.39, 0.29) is 24.0 Å². The molecular formula is C29H27FN4O3S. The summed E-state index contributed by atoms with van der Waals surface area (Å²) in [5.41, 5.74) is 9.17. The van der Waals surface area contributed by atoms with E-state index in [2.05, 4.69) is 16.0 Å². The molecule has 4 rings (SSSR count). The predicted molar refractivity (Wildman–Crippen MR) is 146 cm³/mol. The van der Waals surface area contributed by atoms with Crippen molar-refractivity contribution in [1.29, 1.82) is 0 Å². The zero-order chi connectivity index (χ0) is 26.9. The number of anilines is 1. The number of aromatic hydroxyl groups is 1. The fraction of sp³-hybridized carbons (Fsp3) is 0.103. The predicted octanol–water partition coefficient (Wildman–Crippen LogP) is 5.39. The van der Waals surface area contributed by atoms with E-state index in [9.17, 15) is 19.1 Å². The molecule has 0 aliphatic heterocycles. The molecule has 0 spiro atoms. The van der Waals surface area contributed by atoms with Crippen molar-refractivity contribution in [2.75, 3.05) is 5.32 Å². The van der Waals surface area contributed by atoms with Crippen molar-refractivity contribution in [3.8, 4) is 5.75 Å². The molecule has 38 heavy (non-hydrogen) atoms. The highest BCUT2D eigenvalue weighted by atomic mass is 32.2. The van der Waals surface area contributed by atoms with Crippen LogP contribution in [0.1, 0.15) is 27.0 Å². The first-order chi connectivity index (χ1) is 18.4. The van der Waals surface area contributed by atoms with Crippen LogP contribution in [0.2, 0.25) is 0 Å². The van der Waals surface area contributed by atoms with Crippen molar-refractivity contribution in [3.05, 3.63) is 119 Å². The largest absolute Gasteiger partial charge is 0.508 e. The van der Waals surface area contributed by atoms with Gasteiger partial charge < -0.3 is 26.8 Å². The first-order valence-corrected chi connectivity index (χ1v) is 12.7. The molecule has 0 aromatic heterocycles. The van der Waals surface area contributed by atoms with Gasteiger partial charge in [0.1, 0.15) is 11.6 Å². The zero-order valence-corrected chi connectivity index (χ0v) is 21.2. The Morgan fingerprint density at radius 2 is 1.53 bits per heavy atom. The number of rotatable bonds is 9. The molecule has 4 aromatic rings. The highest BCUT2D eigenvalue weighted by Gasteiger charge is 2.14. The van der Waals surface area contributed by atoms with Crippen LogP contribution in [0.4, 0.5) is 14.9 Å². The molecule has 0 aliphatic carbocycles. The quantitative estimate of drug-likeness (QED) is 0.199. The maximum absolute atomic E-state index is 13.2. The van der Waals surface area contributed by atoms with Crippen LogP contribution < -0.4 is 21.7 Å². The maximum Gasteiger partial charge on any atom is 0.319 e. The molecule has 0 bridgehead atoms. The molecule has 0 saturated carbocycles. The first kappa shape index (κ1) is 26.7. The number of hydrogen-bond acceptors (Lipinski definition) is 5. The van der Waals surface area contributed by atoms with Crippen molar-refractivity contribution in [2.45, 2.75) is 29.4 Å². The standard InChI is InChI=1S/C29H27FN4O3S/c30-23-7-4-19(5-8-23)17-33-29(37)34-26-15-22(6-13-27(26)38-25-11-9-24(35)10-12-25)28(36)32-18-21-3-1-2-20(14-21)16-31/h1-15,35H,16-18,31H2,(H,32,36)(H2,33,34,37). The highest BCUT2D eigenvalue weighted by Crippen LogP contribution is 2.35. The highest BCUT2D eigenvalue weighted by molar-refractivity contribution is 7.99. The van der Waals surface area contributed by atoms with E-state index < -0.39 is 6.03 Å². The lowest BCUT2D eigenvalue weighted by Crippen LogP contribution is -2.28. The normalized spacial score (nSPS) is 10.6. The average molecular weight is 531 g/mol. The number of amides is 3. The van der Waals surface area contributed by atoms with Crippen LogP contribution in [0.25, 0.3) is 0 Å². The Bertz CT molecular complexity index is 1410. The summed E-state index contributed by atoms with van der Waals surface area (Å²) in [5.74, 6) is -0.493. The third kappa shape index (κ3) is 7.58. The molecule has 0 aliphatic rings. The van der Waals surface area contributed by atoms with Gasteiger partial charge in [-0.15, -0.1) is 0 Å². The van der Waals surface area contributed by atoms with E-state index in [1.165, 1.54) is 23.9 Å². The number of carbonyl (C=O) groups excluding carboxylic acids is 2. The van der Waals surface area contributed by atoms with Gasteiger partial charge in [0.05, 0.1) is 5.69 Å². The van der Waals surface area contributed by atoms with E-state index in [0.29, 0.717) is 29.2 Å². The van der Waals surface area contributed by atoms with Crippen LogP contribution in [0.3, 0.4) is 0 Å². The van der Waals surface area contributed by atoms with Gasteiger partial charge in [0.25, 0.3) is 5.91 Å². The monoisotopic (exact) mass is 530 g/mol. The molecule has 0 atom stereocenters. The number of hydrogen-bond donors (Lipinski definition) is 5. The van der Waals surface area contributed by atoms with Gasteiger partial charge in [-0.1, -0.05) is 48.2 Å². The average Bonchev–Trinajstić information content (AvgIpc) is 2.93. The smallest absolute Gasteiger partial charge is 0.319 e. The number of phenols is 1. The van der Waals surface area contributed by atoms with Gasteiger partial charge in [0.2, 0.25) is 0 Å². The maximum atomic E-state index is 13.2. The van der Waals surface area contributed by atoms with E-state index in [1.54, 1.807) is 54.6 Å². The summed E-state index contributed by atoms with van der Waals surface area (Å²) in [6.45, 7) is 0.951. The van der Waals surface area contributed by atoms with Crippen molar-refractivity contribution in [3.63, 3.8) is 0 Å². The summed E-state index contributed by atoms with van der Waals surface area (Å²) in [6.07, 6.45) is 0. The number of benzene rings is 4. The molecule has 9 heteroatoms.